The maximum Gasteiger partial charge on any atom is 0.159 e. The Bertz CT molecular complexity index is 826. The topological polar surface area (TPSA) is 84.8 Å². The van der Waals surface area contributed by atoms with Crippen LogP contribution in [0.2, 0.25) is 0 Å². The van der Waals surface area contributed by atoms with E-state index in [0.29, 0.717) is 0 Å². The second-order valence-corrected chi connectivity index (χ2v) is 5.92. The Morgan fingerprint density at radius 1 is 1.35 bits per heavy atom. The fourth-order valence-corrected chi connectivity index (χ4v) is 3.50. The van der Waals surface area contributed by atoms with Crippen LogP contribution in [0, 0.1) is 6.92 Å². The van der Waals surface area contributed by atoms with Crippen molar-refractivity contribution in [3.05, 3.63) is 29.8 Å². The van der Waals surface area contributed by atoms with Gasteiger partial charge in [-0.05, 0) is 13.0 Å². The number of rotatable bonds is 3. The minimum absolute atomic E-state index is 0.0836. The maximum atomic E-state index is 5.69. The molecule has 8 nitrogen and oxygen atoms in total. The molecule has 0 saturated carbocycles. The number of hydrogen-bond acceptors (Lipinski definition) is 6. The zero-order valence-corrected chi connectivity index (χ0v) is 13.4. The third kappa shape index (κ3) is 2.17. The molecule has 3 aromatic heterocycles. The Kier molecular flexibility index (Phi) is 3.26. The molecule has 1 N–H and O–H groups in total. The Morgan fingerprint density at radius 2 is 2.22 bits per heavy atom. The van der Waals surface area contributed by atoms with E-state index < -0.39 is 0 Å². The van der Waals surface area contributed by atoms with E-state index in [2.05, 4.69) is 36.5 Å². The van der Waals surface area contributed by atoms with Crippen molar-refractivity contribution >= 4 is 16.7 Å². The van der Waals surface area contributed by atoms with Gasteiger partial charge in [0, 0.05) is 33.4 Å². The van der Waals surface area contributed by atoms with E-state index in [1.165, 1.54) is 0 Å². The van der Waals surface area contributed by atoms with Crippen molar-refractivity contribution in [1.29, 1.82) is 0 Å². The molecule has 1 fully saturated rings. The molecule has 0 amide bonds. The van der Waals surface area contributed by atoms with E-state index in [9.17, 15) is 0 Å². The molecule has 4 rings (SSSR count). The molecule has 23 heavy (non-hydrogen) atoms. The van der Waals surface area contributed by atoms with Crippen LogP contribution >= 0.6 is 0 Å². The van der Waals surface area contributed by atoms with Gasteiger partial charge in [-0.3, -0.25) is 4.68 Å². The SMILES string of the molecule is CO[C@@H]1CN(c2ccnc3c2c(C)nn3C)C[C@H]1c1cn[nH]n1. The van der Waals surface area contributed by atoms with E-state index >= 15 is 0 Å². The predicted molar refractivity (Wildman–Crippen MR) is 85.4 cm³/mol. The van der Waals surface area contributed by atoms with Crippen LogP contribution in [0.5, 0.6) is 0 Å². The van der Waals surface area contributed by atoms with Gasteiger partial charge in [0.1, 0.15) is 0 Å². The number of methoxy groups -OCH3 is 1. The molecule has 0 unspecified atom stereocenters. The molecule has 120 valence electrons. The largest absolute Gasteiger partial charge is 0.379 e. The number of aryl methyl sites for hydroxylation is 2. The molecule has 2 atom stereocenters. The quantitative estimate of drug-likeness (QED) is 0.777. The Labute approximate surface area is 133 Å². The molecule has 1 aliphatic heterocycles. The molecule has 1 aliphatic rings. The monoisotopic (exact) mass is 313 g/mol. The lowest BCUT2D eigenvalue weighted by Crippen LogP contribution is -2.22. The predicted octanol–water partition coefficient (Wildman–Crippen LogP) is 1.01. The summed E-state index contributed by atoms with van der Waals surface area (Å²) >= 11 is 0. The zero-order chi connectivity index (χ0) is 16.0. The average Bonchev–Trinajstić information content (AvgIpc) is 3.27. The smallest absolute Gasteiger partial charge is 0.159 e. The zero-order valence-electron chi connectivity index (χ0n) is 13.4. The van der Waals surface area contributed by atoms with Gasteiger partial charge >= 0.3 is 0 Å². The highest BCUT2D eigenvalue weighted by molar-refractivity contribution is 5.92. The first kappa shape index (κ1) is 14.1. The third-order valence-corrected chi connectivity index (χ3v) is 4.60. The third-order valence-electron chi connectivity index (χ3n) is 4.60. The van der Waals surface area contributed by atoms with E-state index in [0.717, 1.165) is 41.2 Å². The van der Waals surface area contributed by atoms with Crippen molar-refractivity contribution in [2.75, 3.05) is 25.1 Å². The molecule has 0 bridgehead atoms. The lowest BCUT2D eigenvalue weighted by atomic mass is 10.0. The van der Waals surface area contributed by atoms with Crippen LogP contribution in [0.4, 0.5) is 5.69 Å². The fourth-order valence-electron chi connectivity index (χ4n) is 3.50. The number of nitrogens with one attached hydrogen (secondary N) is 1. The Balaban J connectivity index is 1.75. The van der Waals surface area contributed by atoms with Crippen molar-refractivity contribution in [2.45, 2.75) is 18.9 Å². The molecule has 3 aromatic rings. The molecule has 1 saturated heterocycles. The number of aromatic amines is 1. The molecular weight excluding hydrogens is 294 g/mol. The highest BCUT2D eigenvalue weighted by Crippen LogP contribution is 2.35. The first-order chi connectivity index (χ1) is 11.2. The van der Waals surface area contributed by atoms with Crippen LogP contribution in [0.1, 0.15) is 17.3 Å². The number of H-pyrrole nitrogens is 1. The van der Waals surface area contributed by atoms with Gasteiger partial charge < -0.3 is 9.64 Å². The molecule has 0 aromatic carbocycles. The molecule has 8 heteroatoms. The fraction of sp³-hybridized carbons (Fsp3) is 0.467. The number of hydrogen-bond donors (Lipinski definition) is 1. The van der Waals surface area contributed by atoms with Crippen molar-refractivity contribution < 1.29 is 4.74 Å². The number of anilines is 1. The number of nitrogens with zero attached hydrogens (tertiary/aromatic N) is 6. The molecule has 0 spiro atoms. The van der Waals surface area contributed by atoms with Crippen LogP contribution in [-0.2, 0) is 11.8 Å². The van der Waals surface area contributed by atoms with E-state index in [4.69, 9.17) is 4.74 Å². The standard InChI is InChI=1S/C15H19N7O/c1-9-14-12(4-5-16-15(14)21(2)19-9)22-7-10(13(8-22)23-3)11-6-17-20-18-11/h4-6,10,13H,7-8H2,1-3H3,(H,17,18,20)/t10-,13+/m0/s1. The summed E-state index contributed by atoms with van der Waals surface area (Å²) in [6.07, 6.45) is 3.70. The van der Waals surface area contributed by atoms with Crippen LogP contribution in [0.25, 0.3) is 11.0 Å². The summed E-state index contributed by atoms with van der Waals surface area (Å²) < 4.78 is 7.51. The van der Waals surface area contributed by atoms with Crippen LogP contribution in [0.15, 0.2) is 18.5 Å². The summed E-state index contributed by atoms with van der Waals surface area (Å²) in [6.45, 7) is 3.66. The highest BCUT2D eigenvalue weighted by Gasteiger charge is 2.36. The van der Waals surface area contributed by atoms with Crippen molar-refractivity contribution in [1.82, 2.24) is 30.2 Å². The van der Waals surface area contributed by atoms with Crippen LogP contribution < -0.4 is 4.90 Å². The summed E-state index contributed by atoms with van der Waals surface area (Å²) in [6, 6.07) is 2.05. The van der Waals surface area contributed by atoms with Gasteiger partial charge in [0.05, 0.1) is 40.7 Å². The van der Waals surface area contributed by atoms with Gasteiger partial charge in [-0.25, -0.2) is 4.98 Å². The summed E-state index contributed by atoms with van der Waals surface area (Å²) in [7, 11) is 3.67. The minimum atomic E-state index is 0.0836. The number of pyridine rings is 1. The van der Waals surface area contributed by atoms with Gasteiger partial charge in [0.15, 0.2) is 5.65 Å². The van der Waals surface area contributed by atoms with Gasteiger partial charge in [0.2, 0.25) is 0 Å². The average molecular weight is 313 g/mol. The van der Waals surface area contributed by atoms with Gasteiger partial charge in [-0.15, -0.1) is 0 Å². The Morgan fingerprint density at radius 3 is 2.96 bits per heavy atom. The van der Waals surface area contributed by atoms with Crippen molar-refractivity contribution in [3.63, 3.8) is 0 Å². The molecule has 0 aliphatic carbocycles. The number of ether oxygens (including phenoxy) is 1. The summed E-state index contributed by atoms with van der Waals surface area (Å²) in [4.78, 5) is 6.78. The van der Waals surface area contributed by atoms with Crippen molar-refractivity contribution in [3.8, 4) is 0 Å². The van der Waals surface area contributed by atoms with Gasteiger partial charge in [0.25, 0.3) is 0 Å². The lowest BCUT2D eigenvalue weighted by molar-refractivity contribution is 0.106. The van der Waals surface area contributed by atoms with Crippen LogP contribution in [0.3, 0.4) is 0 Å². The summed E-state index contributed by atoms with van der Waals surface area (Å²) in [5.74, 6) is 0.193. The lowest BCUT2D eigenvalue weighted by Gasteiger charge is -2.19. The molecule has 4 heterocycles. The molecular formula is C15H19N7O. The second-order valence-electron chi connectivity index (χ2n) is 5.92. The van der Waals surface area contributed by atoms with Gasteiger partial charge in [-0.2, -0.15) is 20.5 Å². The van der Waals surface area contributed by atoms with Crippen molar-refractivity contribution in [2.24, 2.45) is 7.05 Å². The highest BCUT2D eigenvalue weighted by atomic mass is 16.5. The van der Waals surface area contributed by atoms with E-state index in [-0.39, 0.29) is 12.0 Å². The normalized spacial score (nSPS) is 21.4. The Hall–Kier alpha value is -2.48. The summed E-state index contributed by atoms with van der Waals surface area (Å²) in [5.41, 5.74) is 3.98. The number of aromatic nitrogens is 6. The first-order valence-corrected chi connectivity index (χ1v) is 7.60. The minimum Gasteiger partial charge on any atom is -0.379 e. The maximum absolute atomic E-state index is 5.69. The first-order valence-electron chi connectivity index (χ1n) is 7.60. The second kappa shape index (κ2) is 5.31. The van der Waals surface area contributed by atoms with Gasteiger partial charge in [-0.1, -0.05) is 0 Å². The van der Waals surface area contributed by atoms with Crippen LogP contribution in [-0.4, -0.2) is 56.5 Å². The summed E-state index contributed by atoms with van der Waals surface area (Å²) in [5, 5.41) is 16.5. The van der Waals surface area contributed by atoms with E-state index in [1.54, 1.807) is 13.3 Å². The number of fused-ring (bicyclic) bond motifs is 1. The molecule has 0 radical (unpaired) electrons. The van der Waals surface area contributed by atoms with E-state index in [1.807, 2.05) is 24.9 Å².